The number of ketones is 1. The molecule has 1 unspecified atom stereocenters. The quantitative estimate of drug-likeness (QED) is 0.360. The number of ether oxygens (including phenoxy) is 3. The zero-order chi connectivity index (χ0) is 25.7. The van der Waals surface area contributed by atoms with E-state index in [1.54, 1.807) is 0 Å². The molecule has 0 spiro atoms. The van der Waals surface area contributed by atoms with E-state index >= 15 is 0 Å². The van der Waals surface area contributed by atoms with Gasteiger partial charge in [0, 0.05) is 29.0 Å². The van der Waals surface area contributed by atoms with Crippen molar-refractivity contribution in [3.05, 3.63) is 82.7 Å². The Kier molecular flexibility index (Phi) is 7.82. The van der Waals surface area contributed by atoms with E-state index in [9.17, 15) is 9.59 Å². The lowest BCUT2D eigenvalue weighted by Crippen LogP contribution is -2.39. The van der Waals surface area contributed by atoms with Gasteiger partial charge < -0.3 is 19.5 Å². The number of Topliss-reactive ketones (excluding diaryl/α,β-unsaturated/α-hetero) is 1. The van der Waals surface area contributed by atoms with Crippen molar-refractivity contribution in [3.8, 4) is 11.5 Å². The first-order valence-electron chi connectivity index (χ1n) is 12.6. The fourth-order valence-electron chi connectivity index (χ4n) is 4.97. The molecule has 190 valence electrons. The van der Waals surface area contributed by atoms with Crippen molar-refractivity contribution in [2.45, 2.75) is 52.9 Å². The lowest BCUT2D eigenvalue weighted by atomic mass is 9.68. The fraction of sp³-hybridized carbons (Fsp3) is 0.400. The lowest BCUT2D eigenvalue weighted by molar-refractivity contribution is -0.140. The first kappa shape index (κ1) is 25.5. The molecule has 0 bridgehead atoms. The maximum atomic E-state index is 13.5. The third-order valence-electron chi connectivity index (χ3n) is 6.48. The predicted octanol–water partition coefficient (Wildman–Crippen LogP) is 5.70. The number of carbonyl (C=O) groups is 2. The number of nitrogens with one attached hydrogen (secondary N) is 1. The lowest BCUT2D eigenvalue weighted by Gasteiger charge is -2.39. The largest absolute Gasteiger partial charge is 0.493 e. The molecule has 0 amide bonds. The van der Waals surface area contributed by atoms with Crippen molar-refractivity contribution >= 4 is 11.8 Å². The van der Waals surface area contributed by atoms with Crippen molar-refractivity contribution in [2.75, 3.05) is 19.8 Å². The molecule has 0 saturated heterocycles. The summed E-state index contributed by atoms with van der Waals surface area (Å²) in [6, 6.07) is 17.1. The Labute approximate surface area is 213 Å². The van der Waals surface area contributed by atoms with Crippen molar-refractivity contribution in [3.63, 3.8) is 0 Å². The molecule has 2 aromatic carbocycles. The second-order valence-corrected chi connectivity index (χ2v) is 10.1. The van der Waals surface area contributed by atoms with E-state index in [0.717, 1.165) is 24.1 Å². The summed E-state index contributed by atoms with van der Waals surface area (Å²) in [6.45, 7) is 8.99. The third-order valence-corrected chi connectivity index (χ3v) is 6.48. The number of hydrogen-bond donors (Lipinski definition) is 1. The van der Waals surface area contributed by atoms with Gasteiger partial charge in [-0.25, -0.2) is 4.79 Å². The molecule has 1 N–H and O–H groups in total. The summed E-state index contributed by atoms with van der Waals surface area (Å²) in [7, 11) is 0. The molecule has 2 aliphatic rings. The van der Waals surface area contributed by atoms with Gasteiger partial charge in [-0.2, -0.15) is 0 Å². The standard InChI is InChI=1S/C30H35NO5/c1-5-15-35-25-14-10-9-13-22(25)27-26(29(33)36-17-16-34-21-11-7-6-8-12-21)20(2)31-23-18-30(3,4)19-24(32)28(23)27/h6-14,27,31H,5,15-19H2,1-4H3. The van der Waals surface area contributed by atoms with Crippen molar-refractivity contribution < 1.29 is 23.8 Å². The summed E-state index contributed by atoms with van der Waals surface area (Å²) in [5, 5.41) is 3.38. The number of benzene rings is 2. The topological polar surface area (TPSA) is 73.9 Å². The maximum Gasteiger partial charge on any atom is 0.336 e. The highest BCUT2D eigenvalue weighted by Crippen LogP contribution is 2.48. The molecule has 1 atom stereocenters. The molecule has 6 heteroatoms. The van der Waals surface area contributed by atoms with E-state index < -0.39 is 11.9 Å². The minimum absolute atomic E-state index is 0.0502. The SMILES string of the molecule is CCCOc1ccccc1C1C(C(=O)OCCOc2ccccc2)=C(C)NC2=C1C(=O)CC(C)(C)C2. The number of esters is 1. The monoisotopic (exact) mass is 489 g/mol. The summed E-state index contributed by atoms with van der Waals surface area (Å²) in [6.07, 6.45) is 2.01. The third kappa shape index (κ3) is 5.64. The molecule has 1 heterocycles. The van der Waals surface area contributed by atoms with Crippen LogP contribution in [0.4, 0.5) is 0 Å². The highest BCUT2D eigenvalue weighted by atomic mass is 16.6. The van der Waals surface area contributed by atoms with E-state index in [2.05, 4.69) is 19.2 Å². The van der Waals surface area contributed by atoms with Crippen LogP contribution in [-0.4, -0.2) is 31.6 Å². The summed E-state index contributed by atoms with van der Waals surface area (Å²) >= 11 is 0. The predicted molar refractivity (Wildman–Crippen MR) is 139 cm³/mol. The van der Waals surface area contributed by atoms with Crippen LogP contribution in [0.2, 0.25) is 0 Å². The number of carbonyl (C=O) groups excluding carboxylic acids is 2. The van der Waals surface area contributed by atoms with Gasteiger partial charge in [-0.1, -0.05) is 57.2 Å². The Morgan fingerprint density at radius 3 is 2.44 bits per heavy atom. The number of para-hydroxylation sites is 2. The Morgan fingerprint density at radius 1 is 0.972 bits per heavy atom. The van der Waals surface area contributed by atoms with Crippen LogP contribution in [0.5, 0.6) is 11.5 Å². The van der Waals surface area contributed by atoms with Gasteiger partial charge in [0.25, 0.3) is 0 Å². The Morgan fingerprint density at radius 2 is 1.69 bits per heavy atom. The number of allylic oxidation sites excluding steroid dienone is 3. The Balaban J connectivity index is 1.65. The van der Waals surface area contributed by atoms with Crippen molar-refractivity contribution in [1.82, 2.24) is 5.32 Å². The van der Waals surface area contributed by atoms with Gasteiger partial charge in [0.05, 0.1) is 18.1 Å². The van der Waals surface area contributed by atoms with E-state index in [-0.39, 0.29) is 24.4 Å². The van der Waals surface area contributed by atoms with Crippen LogP contribution >= 0.6 is 0 Å². The first-order chi connectivity index (χ1) is 17.3. The van der Waals surface area contributed by atoms with Crippen LogP contribution in [0.1, 0.15) is 58.4 Å². The number of rotatable bonds is 9. The molecule has 0 radical (unpaired) electrons. The van der Waals surface area contributed by atoms with Crippen LogP contribution in [0.15, 0.2) is 77.1 Å². The zero-order valence-electron chi connectivity index (χ0n) is 21.6. The first-order valence-corrected chi connectivity index (χ1v) is 12.6. The summed E-state index contributed by atoms with van der Waals surface area (Å²) in [5.74, 6) is 0.431. The fourth-order valence-corrected chi connectivity index (χ4v) is 4.97. The number of hydrogen-bond acceptors (Lipinski definition) is 6. The molecule has 1 aliphatic heterocycles. The average molecular weight is 490 g/mol. The van der Waals surface area contributed by atoms with Gasteiger partial charge >= 0.3 is 5.97 Å². The average Bonchev–Trinajstić information content (AvgIpc) is 2.84. The van der Waals surface area contributed by atoms with Gasteiger partial charge in [-0.3, -0.25) is 4.79 Å². The van der Waals surface area contributed by atoms with Gasteiger partial charge in [0.1, 0.15) is 24.7 Å². The summed E-state index contributed by atoms with van der Waals surface area (Å²) in [5.41, 5.74) is 3.31. The molecule has 6 nitrogen and oxygen atoms in total. The second kappa shape index (κ2) is 11.0. The Bertz CT molecular complexity index is 1180. The van der Waals surface area contributed by atoms with E-state index in [4.69, 9.17) is 14.2 Å². The minimum Gasteiger partial charge on any atom is -0.493 e. The Hall–Kier alpha value is -3.54. The molecule has 2 aromatic rings. The van der Waals surface area contributed by atoms with Crippen molar-refractivity contribution in [1.29, 1.82) is 0 Å². The summed E-state index contributed by atoms with van der Waals surface area (Å²) in [4.78, 5) is 27.0. The highest BCUT2D eigenvalue weighted by molar-refractivity contribution is 6.04. The second-order valence-electron chi connectivity index (χ2n) is 10.1. The van der Waals surface area contributed by atoms with E-state index in [1.807, 2.05) is 68.4 Å². The van der Waals surface area contributed by atoms with Crippen LogP contribution in [0.3, 0.4) is 0 Å². The smallest absolute Gasteiger partial charge is 0.336 e. The molecule has 0 saturated carbocycles. The van der Waals surface area contributed by atoms with E-state index in [1.165, 1.54) is 0 Å². The van der Waals surface area contributed by atoms with Gasteiger partial charge in [0.15, 0.2) is 5.78 Å². The van der Waals surface area contributed by atoms with Gasteiger partial charge in [-0.05, 0) is 43.4 Å². The minimum atomic E-state index is -0.555. The normalized spacial score (nSPS) is 18.9. The molecular formula is C30H35NO5. The molecule has 0 fully saturated rings. The molecule has 0 aromatic heterocycles. The summed E-state index contributed by atoms with van der Waals surface area (Å²) < 4.78 is 17.4. The molecular weight excluding hydrogens is 454 g/mol. The van der Waals surface area contributed by atoms with Crippen LogP contribution in [-0.2, 0) is 14.3 Å². The van der Waals surface area contributed by atoms with Crippen LogP contribution < -0.4 is 14.8 Å². The van der Waals surface area contributed by atoms with Crippen LogP contribution in [0.25, 0.3) is 0 Å². The highest BCUT2D eigenvalue weighted by Gasteiger charge is 2.44. The van der Waals surface area contributed by atoms with Crippen molar-refractivity contribution in [2.24, 2.45) is 5.41 Å². The van der Waals surface area contributed by atoms with E-state index in [0.29, 0.717) is 41.4 Å². The van der Waals surface area contributed by atoms with Crippen LogP contribution in [0, 0.1) is 5.41 Å². The van der Waals surface area contributed by atoms with Gasteiger partial charge in [-0.15, -0.1) is 0 Å². The number of dihydropyridines is 1. The van der Waals surface area contributed by atoms with Gasteiger partial charge in [0.2, 0.25) is 0 Å². The maximum absolute atomic E-state index is 13.5. The molecule has 1 aliphatic carbocycles. The molecule has 4 rings (SSSR count). The zero-order valence-corrected chi connectivity index (χ0v) is 21.6. The molecule has 36 heavy (non-hydrogen) atoms.